The fourth-order valence-corrected chi connectivity index (χ4v) is 2.75. The maximum absolute atomic E-state index is 12.4. The Morgan fingerprint density at radius 3 is 2.52 bits per heavy atom. The molecule has 1 heterocycles. The van der Waals surface area contributed by atoms with Crippen molar-refractivity contribution in [3.63, 3.8) is 0 Å². The fraction of sp³-hybridized carbons (Fsp3) is 0.550. The summed E-state index contributed by atoms with van der Waals surface area (Å²) in [5.74, 6) is -0.0520. The molecule has 3 amide bonds. The molecular weight excluding hydrogens is 378 g/mol. The minimum atomic E-state index is -0.667. The van der Waals surface area contributed by atoms with Crippen LogP contribution >= 0.6 is 0 Å². The van der Waals surface area contributed by atoms with Gasteiger partial charge in [-0.1, -0.05) is 0 Å². The molecule has 9 nitrogen and oxygen atoms in total. The minimum Gasteiger partial charge on any atom is -0.490 e. The number of nitrogens with zero attached hydrogens (tertiary/aromatic N) is 1. The Morgan fingerprint density at radius 1 is 1.14 bits per heavy atom. The first kappa shape index (κ1) is 22.5. The largest absolute Gasteiger partial charge is 0.490 e. The summed E-state index contributed by atoms with van der Waals surface area (Å²) in [4.78, 5) is 38.2. The third-order valence-electron chi connectivity index (χ3n) is 4.31. The first-order valence-electron chi connectivity index (χ1n) is 9.80. The van der Waals surface area contributed by atoms with Gasteiger partial charge in [-0.25, -0.2) is 0 Å². The summed E-state index contributed by atoms with van der Waals surface area (Å²) in [6.07, 6.45) is 0. The zero-order valence-corrected chi connectivity index (χ0v) is 17.2. The molecule has 1 aromatic rings. The van der Waals surface area contributed by atoms with Gasteiger partial charge in [0.05, 0.1) is 19.8 Å². The summed E-state index contributed by atoms with van der Waals surface area (Å²) < 4.78 is 16.4. The predicted molar refractivity (Wildman–Crippen MR) is 106 cm³/mol. The van der Waals surface area contributed by atoms with Gasteiger partial charge in [0.1, 0.15) is 6.04 Å². The van der Waals surface area contributed by atoms with E-state index in [9.17, 15) is 14.4 Å². The Hall–Kier alpha value is -2.81. The quantitative estimate of drug-likeness (QED) is 0.620. The van der Waals surface area contributed by atoms with Gasteiger partial charge in [-0.15, -0.1) is 0 Å². The number of benzene rings is 1. The van der Waals surface area contributed by atoms with Crippen LogP contribution in [-0.2, 0) is 14.3 Å². The van der Waals surface area contributed by atoms with Crippen molar-refractivity contribution in [3.8, 4) is 11.5 Å². The van der Waals surface area contributed by atoms with Gasteiger partial charge in [0.25, 0.3) is 11.8 Å². The SMILES string of the molecule is CCNC(=O)[C@H](C)NC(=O)c1ccc(OCC(=O)N2CCOCC2)c(OCC)c1. The number of carbonyl (C=O) groups is 3. The average molecular weight is 407 g/mol. The van der Waals surface area contributed by atoms with E-state index in [0.29, 0.717) is 56.5 Å². The molecule has 1 aliphatic heterocycles. The number of rotatable bonds is 9. The molecule has 1 aliphatic rings. The molecular formula is C20H29N3O6. The zero-order chi connectivity index (χ0) is 21.2. The first-order valence-corrected chi connectivity index (χ1v) is 9.80. The van der Waals surface area contributed by atoms with Crippen molar-refractivity contribution < 1.29 is 28.6 Å². The van der Waals surface area contributed by atoms with E-state index in [-0.39, 0.29) is 18.4 Å². The van der Waals surface area contributed by atoms with Gasteiger partial charge in [0, 0.05) is 25.2 Å². The summed E-state index contributed by atoms with van der Waals surface area (Å²) in [5, 5.41) is 5.30. The molecule has 1 fully saturated rings. The molecule has 0 unspecified atom stereocenters. The van der Waals surface area contributed by atoms with Crippen LogP contribution in [0.5, 0.6) is 11.5 Å². The third kappa shape index (κ3) is 6.63. The Balaban J connectivity index is 2.02. The van der Waals surface area contributed by atoms with E-state index in [1.165, 1.54) is 6.07 Å². The van der Waals surface area contributed by atoms with Gasteiger partial charge in [0.15, 0.2) is 18.1 Å². The van der Waals surface area contributed by atoms with Crippen LogP contribution in [0.2, 0.25) is 0 Å². The summed E-state index contributed by atoms with van der Waals surface area (Å²) in [6.45, 7) is 8.10. The molecule has 9 heteroatoms. The molecule has 0 bridgehead atoms. The van der Waals surface area contributed by atoms with E-state index < -0.39 is 11.9 Å². The summed E-state index contributed by atoms with van der Waals surface area (Å²) >= 11 is 0. The van der Waals surface area contributed by atoms with E-state index >= 15 is 0 Å². The second-order valence-electron chi connectivity index (χ2n) is 6.47. The lowest BCUT2D eigenvalue weighted by Crippen LogP contribution is -2.44. The third-order valence-corrected chi connectivity index (χ3v) is 4.31. The standard InChI is InChI=1S/C20H29N3O6/c1-4-21-19(25)14(3)22-20(26)15-6-7-16(17(12-15)28-5-2)29-13-18(24)23-8-10-27-11-9-23/h6-7,12,14H,4-5,8-11,13H2,1-3H3,(H,21,25)(H,22,26)/t14-/m0/s1. The van der Waals surface area contributed by atoms with E-state index in [0.717, 1.165) is 0 Å². The van der Waals surface area contributed by atoms with Gasteiger partial charge < -0.3 is 29.7 Å². The number of amides is 3. The lowest BCUT2D eigenvalue weighted by atomic mass is 10.1. The summed E-state index contributed by atoms with van der Waals surface area (Å²) in [5.41, 5.74) is 0.330. The number of likely N-dealkylation sites (N-methyl/N-ethyl adjacent to an activating group) is 1. The van der Waals surface area contributed by atoms with Crippen LogP contribution in [0.25, 0.3) is 0 Å². The normalized spacial score (nSPS) is 14.7. The Kier molecular flexibility index (Phi) is 8.72. The number of nitrogens with one attached hydrogen (secondary N) is 2. The smallest absolute Gasteiger partial charge is 0.260 e. The molecule has 160 valence electrons. The number of hydrogen-bond acceptors (Lipinski definition) is 6. The second-order valence-corrected chi connectivity index (χ2v) is 6.47. The molecule has 0 radical (unpaired) electrons. The molecule has 1 aromatic carbocycles. The van der Waals surface area contributed by atoms with Crippen LogP contribution in [0.15, 0.2) is 18.2 Å². The number of ether oxygens (including phenoxy) is 3. The van der Waals surface area contributed by atoms with Gasteiger partial charge in [0.2, 0.25) is 5.91 Å². The molecule has 1 atom stereocenters. The molecule has 0 aliphatic carbocycles. The van der Waals surface area contributed by atoms with Crippen molar-refractivity contribution in [3.05, 3.63) is 23.8 Å². The van der Waals surface area contributed by atoms with Crippen LogP contribution in [0.1, 0.15) is 31.1 Å². The minimum absolute atomic E-state index is 0.125. The highest BCUT2D eigenvalue weighted by molar-refractivity contribution is 5.98. The van der Waals surface area contributed by atoms with Crippen LogP contribution in [-0.4, -0.2) is 74.7 Å². The monoisotopic (exact) mass is 407 g/mol. The predicted octanol–water partition coefficient (Wildman–Crippen LogP) is 0.577. The van der Waals surface area contributed by atoms with Crippen molar-refractivity contribution in [2.45, 2.75) is 26.8 Å². The highest BCUT2D eigenvalue weighted by Crippen LogP contribution is 2.28. The van der Waals surface area contributed by atoms with Crippen molar-refractivity contribution in [2.75, 3.05) is 46.1 Å². The average Bonchev–Trinajstić information content (AvgIpc) is 2.73. The van der Waals surface area contributed by atoms with Gasteiger partial charge in [-0.2, -0.15) is 0 Å². The van der Waals surface area contributed by atoms with Gasteiger partial charge in [-0.05, 0) is 39.0 Å². The molecule has 0 spiro atoms. The maximum Gasteiger partial charge on any atom is 0.260 e. The molecule has 1 saturated heterocycles. The Labute approximate surface area is 170 Å². The lowest BCUT2D eigenvalue weighted by molar-refractivity contribution is -0.137. The fourth-order valence-electron chi connectivity index (χ4n) is 2.75. The van der Waals surface area contributed by atoms with E-state index in [1.807, 2.05) is 13.8 Å². The molecule has 29 heavy (non-hydrogen) atoms. The molecule has 0 aromatic heterocycles. The van der Waals surface area contributed by atoms with Crippen molar-refractivity contribution >= 4 is 17.7 Å². The van der Waals surface area contributed by atoms with Crippen molar-refractivity contribution in [1.29, 1.82) is 0 Å². The second kappa shape index (κ2) is 11.3. The van der Waals surface area contributed by atoms with Crippen molar-refractivity contribution in [2.24, 2.45) is 0 Å². The number of hydrogen-bond donors (Lipinski definition) is 2. The highest BCUT2D eigenvalue weighted by Gasteiger charge is 2.20. The van der Waals surface area contributed by atoms with Crippen LogP contribution in [0, 0.1) is 0 Å². The first-order chi connectivity index (χ1) is 14.0. The summed E-state index contributed by atoms with van der Waals surface area (Å²) in [7, 11) is 0. The van der Waals surface area contributed by atoms with Gasteiger partial charge in [-0.3, -0.25) is 14.4 Å². The molecule has 2 N–H and O–H groups in total. The maximum atomic E-state index is 12.4. The van der Waals surface area contributed by atoms with Crippen molar-refractivity contribution in [1.82, 2.24) is 15.5 Å². The Bertz CT molecular complexity index is 718. The zero-order valence-electron chi connectivity index (χ0n) is 17.2. The van der Waals surface area contributed by atoms with Crippen LogP contribution in [0.3, 0.4) is 0 Å². The summed E-state index contributed by atoms with van der Waals surface area (Å²) in [6, 6.07) is 4.03. The van der Waals surface area contributed by atoms with Crippen LogP contribution < -0.4 is 20.1 Å². The topological polar surface area (TPSA) is 106 Å². The molecule has 2 rings (SSSR count). The van der Waals surface area contributed by atoms with Gasteiger partial charge >= 0.3 is 0 Å². The Morgan fingerprint density at radius 2 is 1.86 bits per heavy atom. The lowest BCUT2D eigenvalue weighted by Gasteiger charge is -2.26. The molecule has 0 saturated carbocycles. The highest BCUT2D eigenvalue weighted by atomic mass is 16.5. The van der Waals surface area contributed by atoms with E-state index in [1.54, 1.807) is 24.0 Å². The van der Waals surface area contributed by atoms with Crippen LogP contribution in [0.4, 0.5) is 0 Å². The number of carbonyl (C=O) groups excluding carboxylic acids is 3. The van der Waals surface area contributed by atoms with E-state index in [4.69, 9.17) is 14.2 Å². The number of morpholine rings is 1. The van der Waals surface area contributed by atoms with E-state index in [2.05, 4.69) is 10.6 Å².